The highest BCUT2D eigenvalue weighted by Crippen LogP contribution is 2.89. The fourth-order valence-corrected chi connectivity index (χ4v) is 11.5. The Kier molecular flexibility index (Phi) is 6.52. The van der Waals surface area contributed by atoms with Gasteiger partial charge in [-0.3, -0.25) is 9.59 Å². The van der Waals surface area contributed by atoms with Crippen molar-refractivity contribution in [1.82, 2.24) is 0 Å². The maximum atomic E-state index is 12.7. The van der Waals surface area contributed by atoms with Gasteiger partial charge in [0.25, 0.3) is 0 Å². The molecule has 0 aliphatic heterocycles. The van der Waals surface area contributed by atoms with Crippen molar-refractivity contribution in [2.24, 2.45) is 50.7 Å². The van der Waals surface area contributed by atoms with Crippen LogP contribution in [0.2, 0.25) is 0 Å². The van der Waals surface area contributed by atoms with E-state index >= 15 is 0 Å². The zero-order valence-corrected chi connectivity index (χ0v) is 24.4. The molecular formula is C32H50O6. The molecule has 2 spiro atoms. The lowest BCUT2D eigenvalue weighted by molar-refractivity contribution is -0.219. The first kappa shape index (κ1) is 28.1. The van der Waals surface area contributed by atoms with Crippen molar-refractivity contribution in [3.63, 3.8) is 0 Å². The molecule has 214 valence electrons. The summed E-state index contributed by atoms with van der Waals surface area (Å²) in [6, 6.07) is 0. The SMILES string of the molecule is C=C(C)C(O)CCC(C)C1CCC2(C)C3C(OC(C)=O)CC4C(C)(C(=O)O)C(O)CCC45CC35CCC12C. The maximum absolute atomic E-state index is 12.7. The van der Waals surface area contributed by atoms with Gasteiger partial charge in [-0.15, -0.1) is 0 Å². The summed E-state index contributed by atoms with van der Waals surface area (Å²) in [5.74, 6) is -0.189. The fraction of sp³-hybridized carbons (Fsp3) is 0.875. The summed E-state index contributed by atoms with van der Waals surface area (Å²) in [4.78, 5) is 25.1. The summed E-state index contributed by atoms with van der Waals surface area (Å²) in [6.07, 6.45) is 7.37. The van der Waals surface area contributed by atoms with E-state index in [1.165, 1.54) is 6.92 Å². The number of aliphatic hydroxyl groups is 2. The Labute approximate surface area is 228 Å². The molecule has 0 aromatic rings. The Morgan fingerprint density at radius 1 is 1.00 bits per heavy atom. The smallest absolute Gasteiger partial charge is 0.312 e. The first-order valence-electron chi connectivity index (χ1n) is 15.0. The molecule has 0 aromatic heterocycles. The summed E-state index contributed by atoms with van der Waals surface area (Å²) >= 11 is 0. The molecule has 5 rings (SSSR count). The summed E-state index contributed by atoms with van der Waals surface area (Å²) in [5, 5.41) is 31.7. The predicted octanol–water partition coefficient (Wildman–Crippen LogP) is 5.75. The van der Waals surface area contributed by atoms with Gasteiger partial charge in [-0.2, -0.15) is 0 Å². The van der Waals surface area contributed by atoms with E-state index in [4.69, 9.17) is 4.74 Å². The number of carbonyl (C=O) groups excluding carboxylic acids is 1. The van der Waals surface area contributed by atoms with Gasteiger partial charge in [0.1, 0.15) is 6.10 Å². The van der Waals surface area contributed by atoms with Crippen molar-refractivity contribution < 1.29 is 29.6 Å². The van der Waals surface area contributed by atoms with Crippen molar-refractivity contribution in [3.8, 4) is 0 Å². The molecule has 0 radical (unpaired) electrons. The van der Waals surface area contributed by atoms with Crippen LogP contribution in [-0.2, 0) is 14.3 Å². The second-order valence-corrected chi connectivity index (χ2v) is 14.9. The molecule has 6 nitrogen and oxygen atoms in total. The molecule has 0 heterocycles. The first-order valence-corrected chi connectivity index (χ1v) is 15.0. The van der Waals surface area contributed by atoms with Gasteiger partial charge in [-0.05, 0) is 117 Å². The number of hydrogen-bond donors (Lipinski definition) is 3. The fourth-order valence-electron chi connectivity index (χ4n) is 11.5. The summed E-state index contributed by atoms with van der Waals surface area (Å²) in [6.45, 7) is 16.3. The normalized spacial score (nSPS) is 50.5. The summed E-state index contributed by atoms with van der Waals surface area (Å²) in [5.41, 5.74) is -0.415. The van der Waals surface area contributed by atoms with Gasteiger partial charge in [0.05, 0.1) is 17.6 Å². The van der Waals surface area contributed by atoms with Gasteiger partial charge < -0.3 is 20.1 Å². The highest BCUT2D eigenvalue weighted by molar-refractivity contribution is 5.76. The van der Waals surface area contributed by atoms with E-state index in [2.05, 4.69) is 27.4 Å². The third kappa shape index (κ3) is 3.44. The molecule has 5 aliphatic rings. The van der Waals surface area contributed by atoms with Crippen LogP contribution in [0.15, 0.2) is 12.2 Å². The highest BCUT2D eigenvalue weighted by atomic mass is 16.5. The maximum Gasteiger partial charge on any atom is 0.312 e. The topological polar surface area (TPSA) is 104 Å². The molecule has 5 aliphatic carbocycles. The molecule has 5 fully saturated rings. The number of esters is 1. The third-order valence-corrected chi connectivity index (χ3v) is 13.7. The third-order valence-electron chi connectivity index (χ3n) is 13.7. The lowest BCUT2D eigenvalue weighted by atomic mass is 9.41. The second-order valence-electron chi connectivity index (χ2n) is 14.9. The van der Waals surface area contributed by atoms with E-state index in [9.17, 15) is 24.9 Å². The molecule has 6 heteroatoms. The van der Waals surface area contributed by atoms with Crippen LogP contribution in [0, 0.1) is 50.7 Å². The Morgan fingerprint density at radius 2 is 1.68 bits per heavy atom. The van der Waals surface area contributed by atoms with Crippen LogP contribution in [0.5, 0.6) is 0 Å². The number of aliphatic carboxylic acids is 1. The van der Waals surface area contributed by atoms with Gasteiger partial charge in [-0.1, -0.05) is 32.9 Å². The van der Waals surface area contributed by atoms with Crippen molar-refractivity contribution in [1.29, 1.82) is 0 Å². The lowest BCUT2D eigenvalue weighted by Gasteiger charge is -2.64. The molecule has 3 N–H and O–H groups in total. The predicted molar refractivity (Wildman–Crippen MR) is 145 cm³/mol. The number of hydrogen-bond acceptors (Lipinski definition) is 5. The average molecular weight is 531 g/mol. The van der Waals surface area contributed by atoms with Crippen molar-refractivity contribution in [2.75, 3.05) is 0 Å². The molecule has 0 aromatic carbocycles. The van der Waals surface area contributed by atoms with E-state index in [0.717, 1.165) is 56.9 Å². The molecule has 0 bridgehead atoms. The van der Waals surface area contributed by atoms with Crippen LogP contribution in [0.3, 0.4) is 0 Å². The quantitative estimate of drug-likeness (QED) is 0.286. The van der Waals surface area contributed by atoms with Gasteiger partial charge in [-0.25, -0.2) is 0 Å². The largest absolute Gasteiger partial charge is 0.481 e. The number of aliphatic hydroxyl groups excluding tert-OH is 2. The Morgan fingerprint density at radius 3 is 2.29 bits per heavy atom. The number of carboxylic acids is 1. The van der Waals surface area contributed by atoms with E-state index in [0.29, 0.717) is 24.7 Å². The Bertz CT molecular complexity index is 1020. The second kappa shape index (κ2) is 8.80. The zero-order valence-electron chi connectivity index (χ0n) is 24.4. The van der Waals surface area contributed by atoms with Crippen LogP contribution in [0.4, 0.5) is 0 Å². The number of fused-ring (bicyclic) bond motifs is 2. The van der Waals surface area contributed by atoms with Crippen LogP contribution in [0.25, 0.3) is 0 Å². The summed E-state index contributed by atoms with van der Waals surface area (Å²) < 4.78 is 6.17. The average Bonchev–Trinajstić information content (AvgIpc) is 3.40. The van der Waals surface area contributed by atoms with Gasteiger partial charge >= 0.3 is 11.9 Å². The van der Waals surface area contributed by atoms with Crippen LogP contribution in [0.1, 0.15) is 106 Å². The van der Waals surface area contributed by atoms with Crippen LogP contribution >= 0.6 is 0 Å². The van der Waals surface area contributed by atoms with E-state index < -0.39 is 23.6 Å². The van der Waals surface area contributed by atoms with E-state index in [1.807, 2.05) is 6.92 Å². The van der Waals surface area contributed by atoms with Crippen LogP contribution < -0.4 is 0 Å². The van der Waals surface area contributed by atoms with Crippen molar-refractivity contribution in [2.45, 2.75) is 124 Å². The first-order chi connectivity index (χ1) is 17.6. The van der Waals surface area contributed by atoms with Crippen molar-refractivity contribution >= 4 is 11.9 Å². The number of carboxylic acid groups (broad SMARTS) is 1. The molecule has 38 heavy (non-hydrogen) atoms. The molecule has 0 saturated heterocycles. The lowest BCUT2D eigenvalue weighted by Crippen LogP contribution is -2.64. The van der Waals surface area contributed by atoms with Gasteiger partial charge in [0, 0.05) is 12.8 Å². The van der Waals surface area contributed by atoms with Gasteiger partial charge in [0.2, 0.25) is 0 Å². The minimum atomic E-state index is -1.22. The molecule has 12 atom stereocenters. The Balaban J connectivity index is 1.51. The number of ether oxygens (including phenoxy) is 1. The monoisotopic (exact) mass is 530 g/mol. The molecule has 0 amide bonds. The minimum absolute atomic E-state index is 0.0125. The van der Waals surface area contributed by atoms with E-state index in [-0.39, 0.29) is 45.6 Å². The highest BCUT2D eigenvalue weighted by Gasteiger charge is 2.85. The molecule has 5 saturated carbocycles. The molecule has 12 unspecified atom stereocenters. The zero-order chi connectivity index (χ0) is 28.1. The Hall–Kier alpha value is -1.40. The van der Waals surface area contributed by atoms with Crippen LogP contribution in [-0.4, -0.2) is 45.6 Å². The summed E-state index contributed by atoms with van der Waals surface area (Å²) in [7, 11) is 0. The van der Waals surface area contributed by atoms with E-state index in [1.54, 1.807) is 6.92 Å². The van der Waals surface area contributed by atoms with Gasteiger partial charge in [0.15, 0.2) is 0 Å². The molecular weight excluding hydrogens is 480 g/mol. The standard InChI is InChI=1S/C32H50O6/c1-18(2)22(34)9-8-19(3)21-10-12-29(6)26-23(38-20(4)33)16-24-30(7,27(36)37)25(35)11-13-31(24)17-32(26,31)15-14-28(21,29)5/h19,21-26,34-35H,1,8-17H2,2-7H3,(H,36,37). The minimum Gasteiger partial charge on any atom is -0.481 e. The number of rotatable bonds is 7. The van der Waals surface area contributed by atoms with Crippen molar-refractivity contribution in [3.05, 3.63) is 12.2 Å². The number of carbonyl (C=O) groups is 2.